The molecular formula is C27H19NO3. The number of hydrogen-bond acceptors (Lipinski definition) is 3. The van der Waals surface area contributed by atoms with Crippen LogP contribution in [0.25, 0.3) is 22.9 Å². The summed E-state index contributed by atoms with van der Waals surface area (Å²) in [6.45, 7) is 0. The lowest BCUT2D eigenvalue weighted by Gasteiger charge is -2.06. The fourth-order valence-corrected chi connectivity index (χ4v) is 3.31. The van der Waals surface area contributed by atoms with Gasteiger partial charge in [-0.05, 0) is 46.2 Å². The molecular weight excluding hydrogens is 386 g/mol. The molecule has 0 N–H and O–H groups in total. The molecule has 0 heterocycles. The van der Waals surface area contributed by atoms with Crippen LogP contribution in [-0.4, -0.2) is 10.7 Å². The van der Waals surface area contributed by atoms with Crippen LogP contribution in [0.3, 0.4) is 0 Å². The lowest BCUT2D eigenvalue weighted by molar-refractivity contribution is -0.384. The molecule has 0 unspecified atom stereocenters. The van der Waals surface area contributed by atoms with Gasteiger partial charge in [-0.1, -0.05) is 78.9 Å². The van der Waals surface area contributed by atoms with Crippen molar-refractivity contribution in [3.8, 4) is 0 Å². The number of allylic oxidation sites excluding steroid dienone is 2. The number of carbonyl (C=O) groups excluding carboxylic acids is 1. The SMILES string of the molecule is O=C(C(=Cc1ccc([N+](=O)[O-])cc1)/C=C/c1ccccc1)c1ccc2ccccc2c1. The quantitative estimate of drug-likeness (QED) is 0.117. The Labute approximate surface area is 179 Å². The van der Waals surface area contributed by atoms with Gasteiger partial charge in [-0.15, -0.1) is 0 Å². The molecule has 0 radical (unpaired) electrons. The van der Waals surface area contributed by atoms with Gasteiger partial charge in [-0.2, -0.15) is 0 Å². The summed E-state index contributed by atoms with van der Waals surface area (Å²) in [5.74, 6) is -0.115. The first-order valence-corrected chi connectivity index (χ1v) is 9.83. The maximum atomic E-state index is 13.4. The van der Waals surface area contributed by atoms with Crippen molar-refractivity contribution in [3.63, 3.8) is 0 Å². The molecule has 0 fully saturated rings. The van der Waals surface area contributed by atoms with E-state index >= 15 is 0 Å². The monoisotopic (exact) mass is 405 g/mol. The number of Topliss-reactive ketones (excluding diaryl/α,β-unsaturated/α-hetero) is 1. The van der Waals surface area contributed by atoms with Crippen LogP contribution < -0.4 is 0 Å². The molecule has 0 amide bonds. The number of ketones is 1. The molecule has 0 atom stereocenters. The highest BCUT2D eigenvalue weighted by atomic mass is 16.6. The van der Waals surface area contributed by atoms with Crippen molar-refractivity contribution in [1.82, 2.24) is 0 Å². The number of fused-ring (bicyclic) bond motifs is 1. The van der Waals surface area contributed by atoms with Crippen molar-refractivity contribution in [2.24, 2.45) is 0 Å². The molecule has 0 bridgehead atoms. The summed E-state index contributed by atoms with van der Waals surface area (Å²) >= 11 is 0. The lowest BCUT2D eigenvalue weighted by Crippen LogP contribution is -2.02. The minimum Gasteiger partial charge on any atom is -0.289 e. The van der Waals surface area contributed by atoms with Crippen LogP contribution in [0.2, 0.25) is 0 Å². The van der Waals surface area contributed by atoms with Crippen molar-refractivity contribution in [2.75, 3.05) is 0 Å². The summed E-state index contributed by atoms with van der Waals surface area (Å²) in [5.41, 5.74) is 2.79. The molecule has 4 nitrogen and oxygen atoms in total. The van der Waals surface area contributed by atoms with Crippen molar-refractivity contribution in [2.45, 2.75) is 0 Å². The van der Waals surface area contributed by atoms with E-state index in [2.05, 4.69) is 0 Å². The van der Waals surface area contributed by atoms with Crippen LogP contribution in [0.4, 0.5) is 5.69 Å². The molecule has 0 saturated heterocycles. The Morgan fingerprint density at radius 1 is 0.742 bits per heavy atom. The zero-order valence-corrected chi connectivity index (χ0v) is 16.6. The standard InChI is InChI=1S/C27H19NO3/c29-27(25-15-14-22-8-4-5-9-23(22)19-25)24(13-10-20-6-2-1-3-7-20)18-21-11-16-26(17-12-21)28(30)31/h1-19H/b13-10+,24-18?. The lowest BCUT2D eigenvalue weighted by atomic mass is 9.97. The smallest absolute Gasteiger partial charge is 0.269 e. The van der Waals surface area contributed by atoms with Crippen molar-refractivity contribution in [3.05, 3.63) is 136 Å². The Bertz CT molecular complexity index is 1300. The fourth-order valence-electron chi connectivity index (χ4n) is 3.31. The second-order valence-corrected chi connectivity index (χ2v) is 7.08. The number of hydrogen-bond donors (Lipinski definition) is 0. The number of nitro groups is 1. The summed E-state index contributed by atoms with van der Waals surface area (Å²) in [6, 6.07) is 29.4. The summed E-state index contributed by atoms with van der Waals surface area (Å²) in [6.07, 6.45) is 5.42. The minimum atomic E-state index is -0.441. The average molecular weight is 405 g/mol. The molecule has 150 valence electrons. The third kappa shape index (κ3) is 4.82. The summed E-state index contributed by atoms with van der Waals surface area (Å²) in [4.78, 5) is 23.8. The van der Waals surface area contributed by atoms with Gasteiger partial charge in [0.1, 0.15) is 0 Å². The van der Waals surface area contributed by atoms with E-state index in [0.717, 1.165) is 16.3 Å². The second kappa shape index (κ2) is 9.01. The first kappa shape index (κ1) is 20.0. The average Bonchev–Trinajstić information content (AvgIpc) is 2.82. The Kier molecular flexibility index (Phi) is 5.81. The molecule has 0 aliphatic carbocycles. The third-order valence-electron chi connectivity index (χ3n) is 4.95. The molecule has 31 heavy (non-hydrogen) atoms. The molecule has 4 aromatic rings. The number of carbonyl (C=O) groups is 1. The van der Waals surface area contributed by atoms with E-state index in [-0.39, 0.29) is 11.5 Å². The van der Waals surface area contributed by atoms with Crippen LogP contribution in [0.1, 0.15) is 21.5 Å². The van der Waals surface area contributed by atoms with Gasteiger partial charge in [0.05, 0.1) is 4.92 Å². The summed E-state index contributed by atoms with van der Waals surface area (Å²) in [5, 5.41) is 13.0. The molecule has 0 saturated carbocycles. The zero-order chi connectivity index (χ0) is 21.6. The fraction of sp³-hybridized carbons (Fsp3) is 0. The van der Waals surface area contributed by atoms with Gasteiger partial charge in [-0.25, -0.2) is 0 Å². The molecule has 0 aliphatic rings. The number of nitrogens with zero attached hydrogens (tertiary/aromatic N) is 1. The highest BCUT2D eigenvalue weighted by Crippen LogP contribution is 2.21. The van der Waals surface area contributed by atoms with E-state index in [0.29, 0.717) is 16.7 Å². The highest BCUT2D eigenvalue weighted by molar-refractivity contribution is 6.15. The van der Waals surface area contributed by atoms with Crippen LogP contribution in [0, 0.1) is 10.1 Å². The number of rotatable bonds is 6. The van der Waals surface area contributed by atoms with Gasteiger partial charge in [0, 0.05) is 23.3 Å². The first-order valence-electron chi connectivity index (χ1n) is 9.83. The van der Waals surface area contributed by atoms with Gasteiger partial charge in [0.25, 0.3) is 5.69 Å². The van der Waals surface area contributed by atoms with Gasteiger partial charge in [0.2, 0.25) is 0 Å². The van der Waals surface area contributed by atoms with Crippen molar-refractivity contribution < 1.29 is 9.72 Å². The van der Waals surface area contributed by atoms with Crippen LogP contribution >= 0.6 is 0 Å². The van der Waals surface area contributed by atoms with Crippen LogP contribution in [0.15, 0.2) is 109 Å². The van der Waals surface area contributed by atoms with Gasteiger partial charge >= 0.3 is 0 Å². The number of non-ortho nitro benzene ring substituents is 1. The Morgan fingerprint density at radius 2 is 1.42 bits per heavy atom. The Hall–Kier alpha value is -4.31. The van der Waals surface area contributed by atoms with E-state index in [9.17, 15) is 14.9 Å². The first-order chi connectivity index (χ1) is 15.1. The minimum absolute atomic E-state index is 0.0133. The molecule has 4 aromatic carbocycles. The normalized spacial score (nSPS) is 11.7. The summed E-state index contributed by atoms with van der Waals surface area (Å²) in [7, 11) is 0. The van der Waals surface area contributed by atoms with E-state index in [4.69, 9.17) is 0 Å². The van der Waals surface area contributed by atoms with Gasteiger partial charge < -0.3 is 0 Å². The van der Waals surface area contributed by atoms with Crippen LogP contribution in [-0.2, 0) is 0 Å². The van der Waals surface area contributed by atoms with Gasteiger partial charge in [0.15, 0.2) is 5.78 Å². The van der Waals surface area contributed by atoms with E-state index in [1.54, 1.807) is 24.3 Å². The zero-order valence-electron chi connectivity index (χ0n) is 16.6. The molecule has 0 aromatic heterocycles. The third-order valence-corrected chi connectivity index (χ3v) is 4.95. The second-order valence-electron chi connectivity index (χ2n) is 7.08. The van der Waals surface area contributed by atoms with Gasteiger partial charge in [-0.3, -0.25) is 14.9 Å². The summed E-state index contributed by atoms with van der Waals surface area (Å²) < 4.78 is 0. The predicted octanol–water partition coefficient (Wildman–Crippen LogP) is 6.73. The van der Waals surface area contributed by atoms with Crippen molar-refractivity contribution >= 4 is 34.4 Å². The van der Waals surface area contributed by atoms with Crippen molar-refractivity contribution in [1.29, 1.82) is 0 Å². The Balaban J connectivity index is 1.73. The van der Waals surface area contributed by atoms with E-state index < -0.39 is 4.92 Å². The molecule has 4 heteroatoms. The Morgan fingerprint density at radius 3 is 2.13 bits per heavy atom. The highest BCUT2D eigenvalue weighted by Gasteiger charge is 2.12. The number of nitro benzene ring substituents is 1. The molecule has 4 rings (SSSR count). The topological polar surface area (TPSA) is 60.2 Å². The van der Waals surface area contributed by atoms with Crippen LogP contribution in [0.5, 0.6) is 0 Å². The maximum Gasteiger partial charge on any atom is 0.269 e. The predicted molar refractivity (Wildman–Crippen MR) is 125 cm³/mol. The number of benzene rings is 4. The van der Waals surface area contributed by atoms with E-state index in [1.807, 2.05) is 78.9 Å². The molecule has 0 aliphatic heterocycles. The largest absolute Gasteiger partial charge is 0.289 e. The maximum absolute atomic E-state index is 13.4. The molecule has 0 spiro atoms. The van der Waals surface area contributed by atoms with E-state index in [1.165, 1.54) is 12.1 Å².